The second kappa shape index (κ2) is 2.88. The predicted octanol–water partition coefficient (Wildman–Crippen LogP) is 2.67. The van der Waals surface area contributed by atoms with E-state index in [0.717, 1.165) is 15.7 Å². The number of hydrogen-bond acceptors (Lipinski definition) is 1. The van der Waals surface area contributed by atoms with Crippen molar-refractivity contribution in [2.24, 2.45) is 0 Å². The van der Waals surface area contributed by atoms with E-state index in [0.29, 0.717) is 0 Å². The molecule has 0 aliphatic rings. The normalized spacial score (nSPS) is 9.30. The van der Waals surface area contributed by atoms with Crippen molar-refractivity contribution in [1.82, 2.24) is 0 Å². The van der Waals surface area contributed by atoms with E-state index in [4.69, 9.17) is 5.73 Å². The van der Waals surface area contributed by atoms with E-state index in [1.165, 1.54) is 0 Å². The van der Waals surface area contributed by atoms with E-state index >= 15 is 0 Å². The van der Waals surface area contributed by atoms with Crippen LogP contribution >= 0.6 is 15.9 Å². The monoisotopic (exact) mass is 197 g/mol. The Balaban J connectivity index is 3.21. The van der Waals surface area contributed by atoms with Gasteiger partial charge in [-0.2, -0.15) is 0 Å². The summed E-state index contributed by atoms with van der Waals surface area (Å²) in [6.07, 6.45) is 1.76. The van der Waals surface area contributed by atoms with Gasteiger partial charge in [-0.05, 0) is 23.8 Å². The first kappa shape index (κ1) is 7.35. The molecule has 10 heavy (non-hydrogen) atoms. The summed E-state index contributed by atoms with van der Waals surface area (Å²) in [5.41, 5.74) is 7.32. The Kier molecular flexibility index (Phi) is 2.12. The Bertz CT molecular complexity index is 255. The van der Waals surface area contributed by atoms with Crippen molar-refractivity contribution >= 4 is 27.7 Å². The van der Waals surface area contributed by atoms with Gasteiger partial charge in [0.2, 0.25) is 0 Å². The van der Waals surface area contributed by atoms with Crippen molar-refractivity contribution in [2.75, 3.05) is 5.73 Å². The molecule has 0 bridgehead atoms. The Hall–Kier alpha value is -0.760. The van der Waals surface area contributed by atoms with Crippen molar-refractivity contribution in [3.05, 3.63) is 34.8 Å². The zero-order valence-corrected chi connectivity index (χ0v) is 7.06. The summed E-state index contributed by atoms with van der Waals surface area (Å²) < 4.78 is 1.02. The van der Waals surface area contributed by atoms with E-state index in [1.54, 1.807) is 6.08 Å². The van der Waals surface area contributed by atoms with Gasteiger partial charge in [0.05, 0.1) is 0 Å². The van der Waals surface area contributed by atoms with Crippen LogP contribution in [-0.4, -0.2) is 0 Å². The smallest absolute Gasteiger partial charge is 0.0320 e. The van der Waals surface area contributed by atoms with Crippen LogP contribution in [0.15, 0.2) is 29.3 Å². The van der Waals surface area contributed by atoms with E-state index in [9.17, 15) is 0 Å². The van der Waals surface area contributed by atoms with Gasteiger partial charge in [0.1, 0.15) is 0 Å². The molecule has 0 unspecified atom stereocenters. The molecule has 1 nitrogen and oxygen atoms in total. The molecule has 0 aliphatic carbocycles. The highest BCUT2D eigenvalue weighted by Gasteiger charge is 1.93. The van der Waals surface area contributed by atoms with Crippen molar-refractivity contribution in [3.8, 4) is 0 Å². The molecule has 0 atom stereocenters. The largest absolute Gasteiger partial charge is 0.399 e. The van der Waals surface area contributed by atoms with Crippen molar-refractivity contribution < 1.29 is 0 Å². The first-order chi connectivity index (χ1) is 4.74. The van der Waals surface area contributed by atoms with Gasteiger partial charge in [0, 0.05) is 10.2 Å². The summed E-state index contributed by atoms with van der Waals surface area (Å²) >= 11 is 3.36. The first-order valence-electron chi connectivity index (χ1n) is 2.91. The fourth-order valence-electron chi connectivity index (χ4n) is 0.719. The average molecular weight is 198 g/mol. The van der Waals surface area contributed by atoms with E-state index < -0.39 is 0 Å². The maximum Gasteiger partial charge on any atom is 0.0320 e. The van der Waals surface area contributed by atoms with Crippen molar-refractivity contribution in [2.45, 2.75) is 0 Å². The second-order valence-electron chi connectivity index (χ2n) is 1.99. The molecule has 1 rings (SSSR count). The van der Waals surface area contributed by atoms with E-state index in [-0.39, 0.29) is 0 Å². The van der Waals surface area contributed by atoms with E-state index in [2.05, 4.69) is 22.5 Å². The lowest BCUT2D eigenvalue weighted by Gasteiger charge is -1.98. The Morgan fingerprint density at radius 2 is 2.20 bits per heavy atom. The molecule has 0 fully saturated rings. The summed E-state index contributed by atoms with van der Waals surface area (Å²) in [7, 11) is 0. The molecule has 0 aliphatic heterocycles. The van der Waals surface area contributed by atoms with Gasteiger partial charge >= 0.3 is 0 Å². The minimum Gasteiger partial charge on any atom is -0.399 e. The fraction of sp³-hybridized carbons (Fsp3) is 0. The molecule has 0 aromatic heterocycles. The molecule has 0 amide bonds. The third-order valence-corrected chi connectivity index (χ3v) is 1.96. The van der Waals surface area contributed by atoms with Gasteiger partial charge in [0.15, 0.2) is 0 Å². The standard InChI is InChI=1S/C8H8BrN/c1-2-6-5-7(10)3-4-8(6)9/h2-5H,1,10H2. The van der Waals surface area contributed by atoms with Crippen LogP contribution in [0.5, 0.6) is 0 Å². The maximum absolute atomic E-state index is 5.53. The minimum absolute atomic E-state index is 0.762. The highest BCUT2D eigenvalue weighted by molar-refractivity contribution is 9.10. The lowest BCUT2D eigenvalue weighted by molar-refractivity contribution is 1.60. The van der Waals surface area contributed by atoms with Crippen LogP contribution in [0.1, 0.15) is 5.56 Å². The summed E-state index contributed by atoms with van der Waals surface area (Å²) in [6, 6.07) is 5.63. The average Bonchev–Trinajstić information content (AvgIpc) is 1.94. The van der Waals surface area contributed by atoms with E-state index in [1.807, 2.05) is 18.2 Å². The lowest BCUT2D eigenvalue weighted by atomic mass is 10.2. The summed E-state index contributed by atoms with van der Waals surface area (Å²) in [5, 5.41) is 0. The van der Waals surface area contributed by atoms with Gasteiger partial charge < -0.3 is 5.73 Å². The molecule has 0 radical (unpaired) electrons. The molecule has 1 aromatic rings. The molecule has 0 saturated carbocycles. The number of anilines is 1. The molecule has 52 valence electrons. The van der Waals surface area contributed by atoms with Crippen LogP contribution in [0.25, 0.3) is 6.08 Å². The Morgan fingerprint density at radius 3 is 2.70 bits per heavy atom. The van der Waals surface area contributed by atoms with Gasteiger partial charge in [-0.1, -0.05) is 28.6 Å². The van der Waals surface area contributed by atoms with Crippen LogP contribution in [0.4, 0.5) is 5.69 Å². The van der Waals surface area contributed by atoms with Gasteiger partial charge in [-0.3, -0.25) is 0 Å². The highest BCUT2D eigenvalue weighted by atomic mass is 79.9. The molecule has 2 heteroatoms. The SMILES string of the molecule is C=Cc1cc(N)ccc1Br. The maximum atomic E-state index is 5.53. The van der Waals surface area contributed by atoms with Gasteiger partial charge in [0.25, 0.3) is 0 Å². The van der Waals surface area contributed by atoms with Gasteiger partial charge in [-0.25, -0.2) is 0 Å². The molecule has 2 N–H and O–H groups in total. The number of hydrogen-bond donors (Lipinski definition) is 1. The van der Waals surface area contributed by atoms with Crippen LogP contribution in [0.3, 0.4) is 0 Å². The topological polar surface area (TPSA) is 26.0 Å². The Labute approximate surface area is 68.7 Å². The molecular formula is C8H8BrN. The fourth-order valence-corrected chi connectivity index (χ4v) is 1.13. The number of rotatable bonds is 1. The number of benzene rings is 1. The zero-order chi connectivity index (χ0) is 7.56. The van der Waals surface area contributed by atoms with Crippen molar-refractivity contribution in [1.29, 1.82) is 0 Å². The number of nitrogens with two attached hydrogens (primary N) is 1. The van der Waals surface area contributed by atoms with Crippen molar-refractivity contribution in [3.63, 3.8) is 0 Å². The molecule has 0 saturated heterocycles. The first-order valence-corrected chi connectivity index (χ1v) is 3.71. The summed E-state index contributed by atoms with van der Waals surface area (Å²) in [5.74, 6) is 0. The summed E-state index contributed by atoms with van der Waals surface area (Å²) in [6.45, 7) is 3.65. The number of halogens is 1. The molecule has 1 aromatic carbocycles. The van der Waals surface area contributed by atoms with Crippen LogP contribution < -0.4 is 5.73 Å². The third kappa shape index (κ3) is 1.39. The molecule has 0 spiro atoms. The molecular weight excluding hydrogens is 190 g/mol. The molecule has 0 heterocycles. The second-order valence-corrected chi connectivity index (χ2v) is 2.84. The lowest BCUT2D eigenvalue weighted by Crippen LogP contribution is -1.84. The minimum atomic E-state index is 0.762. The van der Waals surface area contributed by atoms with Crippen LogP contribution in [0, 0.1) is 0 Å². The predicted molar refractivity (Wildman–Crippen MR) is 48.6 cm³/mol. The number of nitrogen functional groups attached to an aromatic ring is 1. The zero-order valence-electron chi connectivity index (χ0n) is 5.47. The summed E-state index contributed by atoms with van der Waals surface area (Å²) in [4.78, 5) is 0. The quantitative estimate of drug-likeness (QED) is 0.689. The van der Waals surface area contributed by atoms with Crippen LogP contribution in [0.2, 0.25) is 0 Å². The van der Waals surface area contributed by atoms with Crippen LogP contribution in [-0.2, 0) is 0 Å². The highest BCUT2D eigenvalue weighted by Crippen LogP contribution is 2.19. The van der Waals surface area contributed by atoms with Gasteiger partial charge in [-0.15, -0.1) is 0 Å². The third-order valence-electron chi connectivity index (χ3n) is 1.24. The Morgan fingerprint density at radius 1 is 1.50 bits per heavy atom.